The van der Waals surface area contributed by atoms with E-state index in [1.165, 1.54) is 10.9 Å². The lowest BCUT2D eigenvalue weighted by atomic mass is 10.1. The van der Waals surface area contributed by atoms with Crippen molar-refractivity contribution in [3.05, 3.63) is 36.0 Å². The Hall–Kier alpha value is -1.61. The average Bonchev–Trinajstić information content (AvgIpc) is 2.48. The molecular formula is C16H20N2O. The van der Waals surface area contributed by atoms with Crippen LogP contribution in [0.1, 0.15) is 25.3 Å². The number of piperidine rings is 1. The Kier molecular flexibility index (Phi) is 3.65. The number of aromatic nitrogens is 1. The second-order valence-electron chi connectivity index (χ2n) is 5.09. The molecule has 1 aliphatic rings. The van der Waals surface area contributed by atoms with Crippen molar-refractivity contribution in [2.45, 2.75) is 32.3 Å². The zero-order valence-corrected chi connectivity index (χ0v) is 11.4. The van der Waals surface area contributed by atoms with Gasteiger partial charge in [-0.2, -0.15) is 0 Å². The third kappa shape index (κ3) is 2.71. The Morgan fingerprint density at radius 1 is 1.26 bits per heavy atom. The van der Waals surface area contributed by atoms with Crippen molar-refractivity contribution in [2.24, 2.45) is 0 Å². The molecule has 100 valence electrons. The summed E-state index contributed by atoms with van der Waals surface area (Å²) in [7, 11) is 0. The topological polar surface area (TPSA) is 34.1 Å². The standard InChI is InChI=1S/C16H20N2O/c1-2-12-3-4-13-5-10-18-16(15(13)11-12)19-14-6-8-17-9-7-14/h3-5,10-11,14,17H,2,6-9H2,1H3. The molecule has 3 nitrogen and oxygen atoms in total. The summed E-state index contributed by atoms with van der Waals surface area (Å²) in [4.78, 5) is 4.43. The van der Waals surface area contributed by atoms with Gasteiger partial charge in [0.2, 0.25) is 5.88 Å². The predicted molar refractivity (Wildman–Crippen MR) is 77.6 cm³/mol. The zero-order valence-electron chi connectivity index (χ0n) is 11.4. The number of aryl methyl sites for hydroxylation is 1. The van der Waals surface area contributed by atoms with E-state index in [1.807, 2.05) is 12.3 Å². The van der Waals surface area contributed by atoms with Crippen LogP contribution in [0.15, 0.2) is 30.5 Å². The molecule has 19 heavy (non-hydrogen) atoms. The first-order valence-electron chi connectivity index (χ1n) is 7.12. The van der Waals surface area contributed by atoms with Gasteiger partial charge in [-0.15, -0.1) is 0 Å². The number of hydrogen-bond acceptors (Lipinski definition) is 3. The van der Waals surface area contributed by atoms with Crippen LogP contribution in [0, 0.1) is 0 Å². The van der Waals surface area contributed by atoms with Crippen molar-refractivity contribution in [2.75, 3.05) is 13.1 Å². The van der Waals surface area contributed by atoms with Crippen molar-refractivity contribution in [1.82, 2.24) is 10.3 Å². The molecule has 3 rings (SSSR count). The molecule has 1 saturated heterocycles. The van der Waals surface area contributed by atoms with Crippen LogP contribution in [-0.4, -0.2) is 24.2 Å². The number of rotatable bonds is 3. The molecule has 0 radical (unpaired) electrons. The first kappa shape index (κ1) is 12.4. The van der Waals surface area contributed by atoms with Crippen LogP contribution in [0.2, 0.25) is 0 Å². The summed E-state index contributed by atoms with van der Waals surface area (Å²) in [6.45, 7) is 4.25. The van der Waals surface area contributed by atoms with Crippen molar-refractivity contribution in [1.29, 1.82) is 0 Å². The van der Waals surface area contributed by atoms with E-state index in [2.05, 4.69) is 35.4 Å². The van der Waals surface area contributed by atoms with Crippen LogP contribution in [0.5, 0.6) is 5.88 Å². The van der Waals surface area contributed by atoms with Gasteiger partial charge in [-0.25, -0.2) is 4.98 Å². The van der Waals surface area contributed by atoms with Crippen LogP contribution < -0.4 is 10.1 Å². The molecule has 0 bridgehead atoms. The average molecular weight is 256 g/mol. The van der Waals surface area contributed by atoms with Crippen LogP contribution in [0.3, 0.4) is 0 Å². The lowest BCUT2D eigenvalue weighted by molar-refractivity contribution is 0.158. The van der Waals surface area contributed by atoms with E-state index < -0.39 is 0 Å². The number of fused-ring (bicyclic) bond motifs is 1. The highest BCUT2D eigenvalue weighted by molar-refractivity contribution is 5.87. The summed E-state index contributed by atoms with van der Waals surface area (Å²) in [5.41, 5.74) is 1.33. The summed E-state index contributed by atoms with van der Waals surface area (Å²) in [6.07, 6.45) is 5.30. The molecule has 1 aromatic heterocycles. The molecule has 1 aliphatic heterocycles. The summed E-state index contributed by atoms with van der Waals surface area (Å²) < 4.78 is 6.12. The van der Waals surface area contributed by atoms with Gasteiger partial charge in [0.05, 0.1) is 0 Å². The van der Waals surface area contributed by atoms with Gasteiger partial charge in [-0.05, 0) is 55.4 Å². The molecule has 0 atom stereocenters. The lowest BCUT2D eigenvalue weighted by Gasteiger charge is -2.23. The van der Waals surface area contributed by atoms with Crippen LogP contribution >= 0.6 is 0 Å². The number of benzene rings is 1. The second kappa shape index (κ2) is 5.57. The van der Waals surface area contributed by atoms with Crippen molar-refractivity contribution < 1.29 is 4.74 Å². The first-order valence-corrected chi connectivity index (χ1v) is 7.12. The third-order valence-electron chi connectivity index (χ3n) is 3.77. The highest BCUT2D eigenvalue weighted by atomic mass is 16.5. The maximum Gasteiger partial charge on any atom is 0.221 e. The Morgan fingerprint density at radius 2 is 2.11 bits per heavy atom. The van der Waals surface area contributed by atoms with Gasteiger partial charge in [0.15, 0.2) is 0 Å². The molecule has 1 aromatic carbocycles. The molecule has 0 saturated carbocycles. The Morgan fingerprint density at radius 3 is 2.89 bits per heavy atom. The van der Waals surface area contributed by atoms with Gasteiger partial charge in [0, 0.05) is 11.6 Å². The van der Waals surface area contributed by atoms with Crippen molar-refractivity contribution in [3.63, 3.8) is 0 Å². The van der Waals surface area contributed by atoms with Crippen LogP contribution in [-0.2, 0) is 6.42 Å². The highest BCUT2D eigenvalue weighted by Gasteiger charge is 2.16. The van der Waals surface area contributed by atoms with E-state index in [0.29, 0.717) is 6.10 Å². The fraction of sp³-hybridized carbons (Fsp3) is 0.438. The van der Waals surface area contributed by atoms with E-state index in [0.717, 1.165) is 43.6 Å². The molecule has 0 unspecified atom stereocenters. The Bertz CT molecular complexity index is 562. The van der Waals surface area contributed by atoms with E-state index in [1.54, 1.807) is 0 Å². The van der Waals surface area contributed by atoms with Crippen LogP contribution in [0.25, 0.3) is 10.8 Å². The smallest absolute Gasteiger partial charge is 0.221 e. The fourth-order valence-corrected chi connectivity index (χ4v) is 2.57. The van der Waals surface area contributed by atoms with Gasteiger partial charge in [0.1, 0.15) is 6.10 Å². The molecule has 3 heteroatoms. The maximum absolute atomic E-state index is 6.12. The van der Waals surface area contributed by atoms with Gasteiger partial charge >= 0.3 is 0 Å². The fourth-order valence-electron chi connectivity index (χ4n) is 2.57. The summed E-state index contributed by atoms with van der Waals surface area (Å²) >= 11 is 0. The number of nitrogens with zero attached hydrogens (tertiary/aromatic N) is 1. The van der Waals surface area contributed by atoms with Gasteiger partial charge in [-0.3, -0.25) is 0 Å². The van der Waals surface area contributed by atoms with Gasteiger partial charge in [-0.1, -0.05) is 19.1 Å². The minimum absolute atomic E-state index is 0.296. The lowest BCUT2D eigenvalue weighted by Crippen LogP contribution is -2.34. The molecule has 0 amide bonds. The molecule has 1 fully saturated rings. The molecule has 1 N–H and O–H groups in total. The molecule has 2 heterocycles. The molecular weight excluding hydrogens is 236 g/mol. The van der Waals surface area contributed by atoms with E-state index in [4.69, 9.17) is 4.74 Å². The minimum Gasteiger partial charge on any atom is -0.474 e. The predicted octanol–water partition coefficient (Wildman–Crippen LogP) is 2.93. The number of pyridine rings is 1. The van der Waals surface area contributed by atoms with E-state index >= 15 is 0 Å². The summed E-state index contributed by atoms with van der Waals surface area (Å²) in [5.74, 6) is 0.791. The quantitative estimate of drug-likeness (QED) is 0.917. The minimum atomic E-state index is 0.296. The largest absolute Gasteiger partial charge is 0.474 e. The molecule has 0 spiro atoms. The molecule has 0 aliphatic carbocycles. The van der Waals surface area contributed by atoms with E-state index in [9.17, 15) is 0 Å². The number of ether oxygens (including phenoxy) is 1. The number of nitrogens with one attached hydrogen (secondary N) is 1. The van der Waals surface area contributed by atoms with Crippen LogP contribution in [0.4, 0.5) is 0 Å². The summed E-state index contributed by atoms with van der Waals surface area (Å²) in [5, 5.41) is 5.70. The Balaban J connectivity index is 1.92. The second-order valence-corrected chi connectivity index (χ2v) is 5.09. The highest BCUT2D eigenvalue weighted by Crippen LogP contribution is 2.26. The molecule has 2 aromatic rings. The maximum atomic E-state index is 6.12. The third-order valence-corrected chi connectivity index (χ3v) is 3.77. The van der Waals surface area contributed by atoms with Gasteiger partial charge < -0.3 is 10.1 Å². The monoisotopic (exact) mass is 256 g/mol. The Labute approximate surface area is 114 Å². The van der Waals surface area contributed by atoms with Crippen molar-refractivity contribution in [3.8, 4) is 5.88 Å². The zero-order chi connectivity index (χ0) is 13.1. The summed E-state index contributed by atoms with van der Waals surface area (Å²) in [6, 6.07) is 8.59. The van der Waals surface area contributed by atoms with E-state index in [-0.39, 0.29) is 0 Å². The first-order chi connectivity index (χ1) is 9.36. The normalized spacial score (nSPS) is 16.7. The number of hydrogen-bond donors (Lipinski definition) is 1. The van der Waals surface area contributed by atoms with Crippen molar-refractivity contribution >= 4 is 10.8 Å². The SMILES string of the molecule is CCc1ccc2ccnc(OC3CCNCC3)c2c1. The van der Waals surface area contributed by atoms with Gasteiger partial charge in [0.25, 0.3) is 0 Å².